The third-order valence-electron chi connectivity index (χ3n) is 4.23. The Morgan fingerprint density at radius 3 is 2.85 bits per heavy atom. The molecule has 1 atom stereocenters. The van der Waals surface area contributed by atoms with Crippen molar-refractivity contribution in [3.8, 4) is 5.75 Å². The molecule has 3 rings (SSSR count). The number of nitrogens with one attached hydrogen (secondary N) is 2. The number of amides is 2. The van der Waals surface area contributed by atoms with E-state index in [1.54, 1.807) is 4.90 Å². The summed E-state index contributed by atoms with van der Waals surface area (Å²) in [7, 11) is 0. The molecule has 0 spiro atoms. The number of H-pyrrole nitrogens is 1. The van der Waals surface area contributed by atoms with E-state index in [4.69, 9.17) is 4.74 Å². The van der Waals surface area contributed by atoms with Crippen LogP contribution in [0.25, 0.3) is 0 Å². The van der Waals surface area contributed by atoms with Gasteiger partial charge in [0.25, 0.3) is 0 Å². The first kappa shape index (κ1) is 19.0. The van der Waals surface area contributed by atoms with Crippen LogP contribution in [0.15, 0.2) is 24.3 Å². The Morgan fingerprint density at radius 2 is 2.19 bits per heavy atom. The largest absolute Gasteiger partial charge is 0.573 e. The van der Waals surface area contributed by atoms with Gasteiger partial charge in [-0.25, -0.2) is 4.79 Å². The fraction of sp³-hybridized carbons (Fsp3) is 0.412. The fourth-order valence-electron chi connectivity index (χ4n) is 3.10. The van der Waals surface area contributed by atoms with Crippen molar-refractivity contribution >= 4 is 11.7 Å². The molecular weight excluding hydrogens is 365 g/mol. The lowest BCUT2D eigenvalue weighted by atomic mass is 10.0. The van der Waals surface area contributed by atoms with E-state index in [9.17, 15) is 18.0 Å². The molecule has 0 radical (unpaired) electrons. The number of hydrogen-bond donors (Lipinski definition) is 2. The molecule has 2 N–H and O–H groups in total. The Kier molecular flexibility index (Phi) is 5.26. The van der Waals surface area contributed by atoms with E-state index in [0.717, 1.165) is 23.0 Å². The first-order valence-electron chi connectivity index (χ1n) is 8.27. The normalized spacial score (nSPS) is 17.7. The molecule has 1 fully saturated rings. The highest BCUT2D eigenvalue weighted by Crippen LogP contribution is 2.30. The Labute approximate surface area is 153 Å². The van der Waals surface area contributed by atoms with Crippen molar-refractivity contribution in [2.45, 2.75) is 26.3 Å². The summed E-state index contributed by atoms with van der Waals surface area (Å²) in [5, 5.41) is 9.66. The maximum atomic E-state index is 12.8. The first-order valence-corrected chi connectivity index (χ1v) is 8.27. The Balaban J connectivity index is 1.77. The summed E-state index contributed by atoms with van der Waals surface area (Å²) in [6, 6.07) is 4.37. The highest BCUT2D eigenvalue weighted by Gasteiger charge is 2.33. The topological polar surface area (TPSA) is 79.5 Å². The van der Waals surface area contributed by atoms with Crippen molar-refractivity contribution in [1.82, 2.24) is 15.1 Å². The number of halogens is 3. The molecule has 27 heavy (non-hydrogen) atoms. The number of carbonyl (C=O) groups is 1. The number of carbonyl (C=O) groups excluding carboxylic acids is 1. The van der Waals surface area contributed by atoms with Gasteiger partial charge < -0.3 is 19.7 Å². The first-order chi connectivity index (χ1) is 12.7. The van der Waals surface area contributed by atoms with Crippen molar-refractivity contribution in [3.63, 3.8) is 0 Å². The molecule has 146 valence electrons. The number of aryl methyl sites for hydroxylation is 2. The summed E-state index contributed by atoms with van der Waals surface area (Å²) < 4.78 is 46.5. The minimum Gasteiger partial charge on any atom is -0.406 e. The molecule has 1 aliphatic rings. The number of anilines is 1. The van der Waals surface area contributed by atoms with Crippen LogP contribution in [0.3, 0.4) is 0 Å². The van der Waals surface area contributed by atoms with Gasteiger partial charge in [0.15, 0.2) is 0 Å². The number of aromatic amines is 1. The third kappa shape index (κ3) is 4.51. The molecule has 1 aliphatic heterocycles. The van der Waals surface area contributed by atoms with Gasteiger partial charge in [-0.2, -0.15) is 5.10 Å². The zero-order chi connectivity index (χ0) is 19.6. The second-order valence-corrected chi connectivity index (χ2v) is 6.14. The van der Waals surface area contributed by atoms with Gasteiger partial charge >= 0.3 is 12.4 Å². The second kappa shape index (κ2) is 7.47. The molecule has 2 amide bonds. The second-order valence-electron chi connectivity index (χ2n) is 6.14. The smallest absolute Gasteiger partial charge is 0.406 e. The van der Waals surface area contributed by atoms with Crippen LogP contribution < -0.4 is 10.1 Å². The molecule has 2 heterocycles. The standard InChI is InChI=1S/C17H19F3N4O3/c1-10-15(11(2)23-22-10)14-9-26-7-6-24(14)16(25)21-12-4-3-5-13(8-12)27-17(18,19)20/h3-5,8,14H,6-7,9H2,1-2H3,(H,21,25)(H,22,23)/t14-/m0/s1. The fourth-order valence-corrected chi connectivity index (χ4v) is 3.10. The summed E-state index contributed by atoms with van der Waals surface area (Å²) in [6.07, 6.45) is -4.80. The number of aromatic nitrogens is 2. The average molecular weight is 384 g/mol. The highest BCUT2D eigenvalue weighted by molar-refractivity contribution is 5.90. The van der Waals surface area contributed by atoms with Crippen LogP contribution in [0.4, 0.5) is 23.7 Å². The van der Waals surface area contributed by atoms with E-state index in [-0.39, 0.29) is 11.7 Å². The molecular formula is C17H19F3N4O3. The molecule has 0 saturated carbocycles. The maximum Gasteiger partial charge on any atom is 0.573 e. The number of morpholine rings is 1. The molecule has 1 aromatic heterocycles. The van der Waals surface area contributed by atoms with E-state index in [1.165, 1.54) is 18.2 Å². The number of benzene rings is 1. The summed E-state index contributed by atoms with van der Waals surface area (Å²) in [5.74, 6) is -0.402. The van der Waals surface area contributed by atoms with E-state index >= 15 is 0 Å². The summed E-state index contributed by atoms with van der Waals surface area (Å²) in [5.41, 5.74) is 2.68. The van der Waals surface area contributed by atoms with Crippen molar-refractivity contribution in [3.05, 3.63) is 41.2 Å². The molecule has 0 unspecified atom stereocenters. The van der Waals surface area contributed by atoms with Crippen LogP contribution in [0, 0.1) is 13.8 Å². The van der Waals surface area contributed by atoms with Gasteiger partial charge in [0.2, 0.25) is 0 Å². The molecule has 1 aromatic carbocycles. The number of ether oxygens (including phenoxy) is 2. The van der Waals surface area contributed by atoms with Crippen molar-refractivity contribution < 1.29 is 27.4 Å². The average Bonchev–Trinajstić information content (AvgIpc) is 2.92. The van der Waals surface area contributed by atoms with Crippen molar-refractivity contribution in [2.75, 3.05) is 25.1 Å². The lowest BCUT2D eigenvalue weighted by Crippen LogP contribution is -2.45. The monoisotopic (exact) mass is 384 g/mol. The maximum absolute atomic E-state index is 12.8. The number of rotatable bonds is 3. The van der Waals surface area contributed by atoms with Crippen LogP contribution in [0.5, 0.6) is 5.75 Å². The van der Waals surface area contributed by atoms with Crippen LogP contribution in [-0.4, -0.2) is 47.2 Å². The number of urea groups is 1. The van der Waals surface area contributed by atoms with Gasteiger partial charge in [0, 0.05) is 29.6 Å². The lowest BCUT2D eigenvalue weighted by Gasteiger charge is -2.36. The predicted molar refractivity (Wildman–Crippen MR) is 90.5 cm³/mol. The van der Waals surface area contributed by atoms with E-state index in [0.29, 0.717) is 19.8 Å². The molecule has 7 nitrogen and oxygen atoms in total. The van der Waals surface area contributed by atoms with Gasteiger partial charge in [0.1, 0.15) is 5.75 Å². The summed E-state index contributed by atoms with van der Waals surface area (Å²) in [4.78, 5) is 14.3. The van der Waals surface area contributed by atoms with Gasteiger partial charge in [-0.1, -0.05) is 6.07 Å². The highest BCUT2D eigenvalue weighted by atomic mass is 19.4. The van der Waals surface area contributed by atoms with Crippen LogP contribution in [0.2, 0.25) is 0 Å². The lowest BCUT2D eigenvalue weighted by molar-refractivity contribution is -0.274. The van der Waals surface area contributed by atoms with Gasteiger partial charge in [-0.3, -0.25) is 5.10 Å². The van der Waals surface area contributed by atoms with Gasteiger partial charge in [0.05, 0.1) is 24.9 Å². The zero-order valence-electron chi connectivity index (χ0n) is 14.8. The summed E-state index contributed by atoms with van der Waals surface area (Å²) >= 11 is 0. The summed E-state index contributed by atoms with van der Waals surface area (Å²) in [6.45, 7) is 4.72. The molecule has 0 bridgehead atoms. The SMILES string of the molecule is Cc1n[nH]c(C)c1[C@@H]1COCCN1C(=O)Nc1cccc(OC(F)(F)F)c1. The zero-order valence-corrected chi connectivity index (χ0v) is 14.8. The molecule has 0 aliphatic carbocycles. The quantitative estimate of drug-likeness (QED) is 0.849. The van der Waals surface area contributed by atoms with E-state index < -0.39 is 18.1 Å². The predicted octanol–water partition coefficient (Wildman–Crippen LogP) is 3.53. The number of nitrogens with zero attached hydrogens (tertiary/aromatic N) is 2. The van der Waals surface area contributed by atoms with Crippen molar-refractivity contribution in [2.24, 2.45) is 0 Å². The van der Waals surface area contributed by atoms with E-state index in [2.05, 4.69) is 20.3 Å². The number of hydrogen-bond acceptors (Lipinski definition) is 4. The van der Waals surface area contributed by atoms with Crippen molar-refractivity contribution in [1.29, 1.82) is 0 Å². The molecule has 1 saturated heterocycles. The Morgan fingerprint density at radius 1 is 1.41 bits per heavy atom. The molecule has 10 heteroatoms. The van der Waals surface area contributed by atoms with Gasteiger partial charge in [-0.15, -0.1) is 13.2 Å². The van der Waals surface area contributed by atoms with Gasteiger partial charge in [-0.05, 0) is 26.0 Å². The Hall–Kier alpha value is -2.75. The minimum absolute atomic E-state index is 0.202. The molecule has 2 aromatic rings. The number of alkyl halides is 3. The van der Waals surface area contributed by atoms with Crippen LogP contribution in [-0.2, 0) is 4.74 Å². The third-order valence-corrected chi connectivity index (χ3v) is 4.23. The van der Waals surface area contributed by atoms with Crippen LogP contribution in [0.1, 0.15) is 23.0 Å². The minimum atomic E-state index is -4.80. The van der Waals surface area contributed by atoms with Crippen LogP contribution >= 0.6 is 0 Å². The Bertz CT molecular complexity index is 802. The van der Waals surface area contributed by atoms with E-state index in [1.807, 2.05) is 13.8 Å².